The second-order valence-corrected chi connectivity index (χ2v) is 9.97. The van der Waals surface area contributed by atoms with Crippen LogP contribution in [0, 0.1) is 0 Å². The van der Waals surface area contributed by atoms with Crippen molar-refractivity contribution in [2.75, 3.05) is 33.4 Å². The van der Waals surface area contributed by atoms with Crippen LogP contribution in [0.3, 0.4) is 0 Å². The predicted octanol–water partition coefficient (Wildman–Crippen LogP) is 6.75. The smallest absolute Gasteiger partial charge is 0.417 e. The van der Waals surface area contributed by atoms with E-state index in [1.54, 1.807) is 18.1 Å². The summed E-state index contributed by atoms with van der Waals surface area (Å²) in [6, 6.07) is 19.4. The highest BCUT2D eigenvalue weighted by Crippen LogP contribution is 2.40. The molecule has 4 aromatic rings. The number of amides is 1. The van der Waals surface area contributed by atoms with E-state index < -0.39 is 17.7 Å². The third kappa shape index (κ3) is 5.92. The van der Waals surface area contributed by atoms with E-state index in [1.165, 1.54) is 6.07 Å². The Morgan fingerprint density at radius 3 is 2.46 bits per heavy atom. The molecule has 1 saturated heterocycles. The molecule has 5 nitrogen and oxygen atoms in total. The first-order valence-corrected chi connectivity index (χ1v) is 13.0. The summed E-state index contributed by atoms with van der Waals surface area (Å²) in [5, 5.41) is 0.515. The number of ether oxygens (including phenoxy) is 2. The molecule has 9 heteroatoms. The Hall–Kier alpha value is -3.49. The molecule has 0 aliphatic carbocycles. The van der Waals surface area contributed by atoms with Crippen molar-refractivity contribution >= 4 is 28.4 Å². The van der Waals surface area contributed by atoms with Gasteiger partial charge in [0, 0.05) is 49.1 Å². The molecular formula is C30H28ClF3N2O3. The van der Waals surface area contributed by atoms with Crippen LogP contribution < -0.4 is 4.74 Å². The van der Waals surface area contributed by atoms with E-state index in [-0.39, 0.29) is 17.4 Å². The minimum Gasteiger partial charge on any atom is -0.497 e. The zero-order valence-electron chi connectivity index (χ0n) is 21.4. The topological polar surface area (TPSA) is 43.7 Å². The van der Waals surface area contributed by atoms with Crippen LogP contribution in [0.5, 0.6) is 5.75 Å². The number of hydrogen-bond donors (Lipinski definition) is 0. The molecule has 0 saturated carbocycles. The van der Waals surface area contributed by atoms with Crippen LogP contribution in [0.25, 0.3) is 10.9 Å². The van der Waals surface area contributed by atoms with E-state index >= 15 is 0 Å². The van der Waals surface area contributed by atoms with E-state index in [0.717, 1.165) is 33.8 Å². The molecule has 1 aromatic heterocycles. The molecule has 1 fully saturated rings. The molecule has 1 atom stereocenters. The molecule has 39 heavy (non-hydrogen) atoms. The van der Waals surface area contributed by atoms with Crippen molar-refractivity contribution in [3.05, 3.63) is 100 Å². The van der Waals surface area contributed by atoms with Gasteiger partial charge in [0.2, 0.25) is 5.91 Å². The molecule has 2 heterocycles. The number of methoxy groups -OCH3 is 1. The Balaban J connectivity index is 1.59. The lowest BCUT2D eigenvalue weighted by molar-refractivity contribution is -0.137. The summed E-state index contributed by atoms with van der Waals surface area (Å²) in [5.74, 6) is 0.0150. The number of alkyl halides is 3. The van der Waals surface area contributed by atoms with Gasteiger partial charge >= 0.3 is 6.18 Å². The van der Waals surface area contributed by atoms with Gasteiger partial charge in [-0.1, -0.05) is 48.0 Å². The van der Waals surface area contributed by atoms with Crippen molar-refractivity contribution in [3.8, 4) is 5.75 Å². The number of benzene rings is 3. The Kier molecular flexibility index (Phi) is 7.86. The van der Waals surface area contributed by atoms with Gasteiger partial charge in [0.05, 0.1) is 30.9 Å². The Morgan fingerprint density at radius 1 is 1.05 bits per heavy atom. The Morgan fingerprint density at radius 2 is 1.77 bits per heavy atom. The summed E-state index contributed by atoms with van der Waals surface area (Å²) in [6.45, 7) is 2.34. The fourth-order valence-corrected chi connectivity index (χ4v) is 5.34. The second kappa shape index (κ2) is 11.3. The van der Waals surface area contributed by atoms with E-state index in [1.807, 2.05) is 54.7 Å². The van der Waals surface area contributed by atoms with E-state index in [2.05, 4.69) is 4.57 Å². The SMILES string of the molecule is COc1ccc(Cn2cc([C@H](CC(=O)N3CCOCC3)c3ccc(Cl)c(C(F)(F)F)c3)c3ccccc32)cc1. The van der Waals surface area contributed by atoms with Crippen LogP contribution in [-0.2, 0) is 22.3 Å². The monoisotopic (exact) mass is 556 g/mol. The van der Waals surface area contributed by atoms with Crippen LogP contribution in [0.2, 0.25) is 5.02 Å². The Bertz CT molecular complexity index is 1460. The van der Waals surface area contributed by atoms with Crippen molar-refractivity contribution in [2.45, 2.75) is 25.1 Å². The van der Waals surface area contributed by atoms with Gasteiger partial charge in [0.25, 0.3) is 0 Å². The van der Waals surface area contributed by atoms with Crippen molar-refractivity contribution in [3.63, 3.8) is 0 Å². The summed E-state index contributed by atoms with van der Waals surface area (Å²) in [7, 11) is 1.61. The zero-order valence-corrected chi connectivity index (χ0v) is 22.1. The third-order valence-electron chi connectivity index (χ3n) is 7.15. The normalized spacial score (nSPS) is 14.9. The number of morpholine rings is 1. The fraction of sp³-hybridized carbons (Fsp3) is 0.300. The Labute approximate surface area is 229 Å². The fourth-order valence-electron chi connectivity index (χ4n) is 5.11. The lowest BCUT2D eigenvalue weighted by Gasteiger charge is -2.29. The number of carbonyl (C=O) groups excluding carboxylic acids is 1. The summed E-state index contributed by atoms with van der Waals surface area (Å²) in [4.78, 5) is 15.1. The first kappa shape index (κ1) is 27.1. The average Bonchev–Trinajstić information content (AvgIpc) is 3.30. The van der Waals surface area contributed by atoms with Gasteiger partial charge in [0.15, 0.2) is 0 Å². The number of aromatic nitrogens is 1. The molecule has 1 amide bonds. The maximum absolute atomic E-state index is 13.8. The quantitative estimate of drug-likeness (QED) is 0.253. The number of nitrogens with zero attached hydrogens (tertiary/aromatic N) is 2. The lowest BCUT2D eigenvalue weighted by atomic mass is 9.87. The van der Waals surface area contributed by atoms with Crippen LogP contribution in [0.15, 0.2) is 72.9 Å². The minimum absolute atomic E-state index is 0.0233. The standard InChI is InChI=1S/C30H28ClF3N2O3/c1-38-22-9-6-20(7-10-22)18-36-19-25(23-4-2-3-5-28(23)36)24(17-29(37)35-12-14-39-15-13-35)21-8-11-27(31)26(16-21)30(32,33)34/h2-11,16,19,24H,12-15,17-18H2,1H3/t24-/m1/s1. The minimum atomic E-state index is -4.62. The number of carbonyl (C=O) groups is 1. The number of fused-ring (bicyclic) bond motifs is 1. The average molecular weight is 557 g/mol. The molecule has 204 valence electrons. The maximum Gasteiger partial charge on any atom is 0.417 e. The number of halogens is 4. The number of para-hydroxylation sites is 1. The molecule has 3 aromatic carbocycles. The molecular weight excluding hydrogens is 529 g/mol. The largest absolute Gasteiger partial charge is 0.497 e. The predicted molar refractivity (Wildman–Crippen MR) is 144 cm³/mol. The molecule has 1 aliphatic heterocycles. The molecule has 0 N–H and O–H groups in total. The van der Waals surface area contributed by atoms with Crippen molar-refractivity contribution < 1.29 is 27.4 Å². The second-order valence-electron chi connectivity index (χ2n) is 9.56. The molecule has 1 aliphatic rings. The van der Waals surface area contributed by atoms with Crippen LogP contribution in [0.1, 0.15) is 34.6 Å². The summed E-state index contributed by atoms with van der Waals surface area (Å²) >= 11 is 5.95. The number of hydrogen-bond acceptors (Lipinski definition) is 3. The molecule has 0 spiro atoms. The highest BCUT2D eigenvalue weighted by molar-refractivity contribution is 6.31. The zero-order chi connectivity index (χ0) is 27.6. The van der Waals surface area contributed by atoms with E-state index in [0.29, 0.717) is 38.4 Å². The summed E-state index contributed by atoms with van der Waals surface area (Å²) in [6.07, 6.45) is -2.64. The molecule has 0 bridgehead atoms. The first-order valence-electron chi connectivity index (χ1n) is 12.7. The van der Waals surface area contributed by atoms with Crippen molar-refractivity contribution in [1.29, 1.82) is 0 Å². The number of rotatable bonds is 7. The van der Waals surface area contributed by atoms with Gasteiger partial charge in [-0.05, 0) is 47.0 Å². The van der Waals surface area contributed by atoms with Gasteiger partial charge < -0.3 is 18.9 Å². The van der Waals surface area contributed by atoms with Crippen molar-refractivity contribution in [2.24, 2.45) is 0 Å². The van der Waals surface area contributed by atoms with E-state index in [4.69, 9.17) is 21.1 Å². The lowest BCUT2D eigenvalue weighted by Crippen LogP contribution is -2.41. The third-order valence-corrected chi connectivity index (χ3v) is 7.48. The van der Waals surface area contributed by atoms with Crippen LogP contribution >= 0.6 is 11.6 Å². The van der Waals surface area contributed by atoms with Gasteiger partial charge in [-0.15, -0.1) is 0 Å². The summed E-state index contributed by atoms with van der Waals surface area (Å²) in [5.41, 5.74) is 2.23. The molecule has 0 radical (unpaired) electrons. The first-order chi connectivity index (χ1) is 18.7. The molecule has 0 unspecified atom stereocenters. The van der Waals surface area contributed by atoms with E-state index in [9.17, 15) is 18.0 Å². The van der Waals surface area contributed by atoms with Crippen molar-refractivity contribution in [1.82, 2.24) is 9.47 Å². The highest BCUT2D eigenvalue weighted by atomic mass is 35.5. The van der Waals surface area contributed by atoms with Crippen LogP contribution in [-0.4, -0.2) is 48.8 Å². The van der Waals surface area contributed by atoms with Gasteiger partial charge in [-0.25, -0.2) is 0 Å². The van der Waals surface area contributed by atoms with Gasteiger partial charge in [-0.3, -0.25) is 4.79 Å². The molecule has 5 rings (SSSR count). The summed E-state index contributed by atoms with van der Waals surface area (Å²) < 4.78 is 54.2. The van der Waals surface area contributed by atoms with Gasteiger partial charge in [-0.2, -0.15) is 13.2 Å². The highest BCUT2D eigenvalue weighted by Gasteiger charge is 2.35. The van der Waals surface area contributed by atoms with Gasteiger partial charge in [0.1, 0.15) is 5.75 Å². The van der Waals surface area contributed by atoms with Crippen LogP contribution in [0.4, 0.5) is 13.2 Å². The maximum atomic E-state index is 13.8.